The summed E-state index contributed by atoms with van der Waals surface area (Å²) in [7, 11) is 0. The molecule has 0 spiro atoms. The van der Waals surface area contributed by atoms with Gasteiger partial charge in [-0.3, -0.25) is 4.79 Å². The summed E-state index contributed by atoms with van der Waals surface area (Å²) in [6.07, 6.45) is 0.880. The number of nitrogens with one attached hydrogen (secondary N) is 1. The smallest absolute Gasteiger partial charge is 0.223 e. The standard InChI is InChI=1S/C20H21N3O/c1-15(24)23-14-12-19(18-6-2-3-7-20(18)23)22-17-10-8-16(9-11-17)5-4-13-21/h2-3,6-11,19,22H,12-14,21H2,1H3/t19-/m1/s1. The maximum atomic E-state index is 11.8. The molecule has 4 heteroatoms. The highest BCUT2D eigenvalue weighted by atomic mass is 16.2. The van der Waals surface area contributed by atoms with Crippen LogP contribution in [0.4, 0.5) is 11.4 Å². The number of hydrogen-bond donors (Lipinski definition) is 2. The minimum atomic E-state index is 0.0868. The monoisotopic (exact) mass is 319 g/mol. The van der Waals surface area contributed by atoms with Gasteiger partial charge in [-0.25, -0.2) is 0 Å². The average molecular weight is 319 g/mol. The summed E-state index contributed by atoms with van der Waals surface area (Å²) >= 11 is 0. The quantitative estimate of drug-likeness (QED) is 0.837. The zero-order chi connectivity index (χ0) is 16.9. The molecule has 0 unspecified atom stereocenters. The molecule has 122 valence electrons. The van der Waals surface area contributed by atoms with Gasteiger partial charge >= 0.3 is 0 Å². The number of anilines is 2. The molecule has 0 bridgehead atoms. The van der Waals surface area contributed by atoms with Gasteiger partial charge in [0, 0.05) is 30.4 Å². The number of hydrogen-bond acceptors (Lipinski definition) is 3. The van der Waals surface area contributed by atoms with Crippen LogP contribution in [-0.4, -0.2) is 19.0 Å². The maximum absolute atomic E-state index is 11.8. The zero-order valence-electron chi connectivity index (χ0n) is 13.8. The van der Waals surface area contributed by atoms with Gasteiger partial charge in [0.05, 0.1) is 12.6 Å². The van der Waals surface area contributed by atoms with E-state index < -0.39 is 0 Å². The third-order valence-corrected chi connectivity index (χ3v) is 4.19. The van der Waals surface area contributed by atoms with Crippen LogP contribution in [0.1, 0.15) is 30.5 Å². The van der Waals surface area contributed by atoms with Gasteiger partial charge in [-0.2, -0.15) is 0 Å². The molecule has 0 saturated heterocycles. The van der Waals surface area contributed by atoms with Crippen molar-refractivity contribution in [3.63, 3.8) is 0 Å². The third kappa shape index (κ3) is 3.42. The molecular formula is C20H21N3O. The number of carbonyl (C=O) groups is 1. The van der Waals surface area contributed by atoms with Gasteiger partial charge in [0.25, 0.3) is 0 Å². The number of carbonyl (C=O) groups excluding carboxylic acids is 1. The lowest BCUT2D eigenvalue weighted by atomic mass is 9.96. The molecule has 1 heterocycles. The first-order valence-corrected chi connectivity index (χ1v) is 8.11. The van der Waals surface area contributed by atoms with Crippen molar-refractivity contribution >= 4 is 17.3 Å². The molecule has 3 N–H and O–H groups in total. The van der Waals surface area contributed by atoms with E-state index in [1.165, 1.54) is 0 Å². The van der Waals surface area contributed by atoms with E-state index in [4.69, 9.17) is 5.73 Å². The number of amides is 1. The fourth-order valence-corrected chi connectivity index (χ4v) is 3.04. The Balaban J connectivity index is 1.80. The van der Waals surface area contributed by atoms with Crippen molar-refractivity contribution in [1.82, 2.24) is 0 Å². The van der Waals surface area contributed by atoms with Crippen LogP contribution < -0.4 is 16.0 Å². The van der Waals surface area contributed by atoms with Gasteiger partial charge in [0.2, 0.25) is 5.91 Å². The topological polar surface area (TPSA) is 58.4 Å². The Hall–Kier alpha value is -2.77. The number of nitrogens with two attached hydrogens (primary N) is 1. The summed E-state index contributed by atoms with van der Waals surface area (Å²) in [5.74, 6) is 5.96. The van der Waals surface area contributed by atoms with Gasteiger partial charge in [-0.1, -0.05) is 30.0 Å². The van der Waals surface area contributed by atoms with Crippen LogP contribution in [0.5, 0.6) is 0 Å². The molecule has 1 aliphatic heterocycles. The minimum Gasteiger partial charge on any atom is -0.378 e. The summed E-state index contributed by atoms with van der Waals surface area (Å²) < 4.78 is 0. The predicted molar refractivity (Wildman–Crippen MR) is 97.8 cm³/mol. The number of rotatable bonds is 2. The molecule has 4 nitrogen and oxygen atoms in total. The first-order valence-electron chi connectivity index (χ1n) is 8.11. The Morgan fingerprint density at radius 1 is 1.25 bits per heavy atom. The van der Waals surface area contributed by atoms with E-state index in [-0.39, 0.29) is 11.9 Å². The number of nitrogens with zero attached hydrogens (tertiary/aromatic N) is 1. The van der Waals surface area contributed by atoms with Gasteiger partial charge in [0.15, 0.2) is 0 Å². The predicted octanol–water partition coefficient (Wildman–Crippen LogP) is 2.91. The number of benzene rings is 2. The zero-order valence-corrected chi connectivity index (χ0v) is 13.8. The first kappa shape index (κ1) is 16.1. The molecule has 1 amide bonds. The molecule has 0 saturated carbocycles. The van der Waals surface area contributed by atoms with Gasteiger partial charge in [-0.05, 0) is 42.3 Å². The second-order valence-corrected chi connectivity index (χ2v) is 5.80. The lowest BCUT2D eigenvalue weighted by Crippen LogP contribution is -2.36. The van der Waals surface area contributed by atoms with Gasteiger partial charge in [0.1, 0.15) is 0 Å². The summed E-state index contributed by atoms with van der Waals surface area (Å²) in [5.41, 5.74) is 9.55. The van der Waals surface area contributed by atoms with Crippen molar-refractivity contribution < 1.29 is 4.79 Å². The fraction of sp³-hybridized carbons (Fsp3) is 0.250. The highest BCUT2D eigenvalue weighted by molar-refractivity contribution is 5.93. The van der Waals surface area contributed by atoms with E-state index in [1.807, 2.05) is 47.4 Å². The van der Waals surface area contributed by atoms with Crippen molar-refractivity contribution in [1.29, 1.82) is 0 Å². The largest absolute Gasteiger partial charge is 0.378 e. The third-order valence-electron chi connectivity index (χ3n) is 4.19. The summed E-state index contributed by atoms with van der Waals surface area (Å²) in [6, 6.07) is 16.3. The number of para-hydroxylation sites is 1. The number of fused-ring (bicyclic) bond motifs is 1. The molecule has 24 heavy (non-hydrogen) atoms. The normalized spacial score (nSPS) is 15.9. The van der Waals surface area contributed by atoms with Crippen LogP contribution in [-0.2, 0) is 4.79 Å². The van der Waals surface area contributed by atoms with Crippen molar-refractivity contribution in [3.05, 3.63) is 59.7 Å². The molecule has 2 aromatic rings. The second kappa shape index (κ2) is 7.20. The van der Waals surface area contributed by atoms with E-state index in [2.05, 4.69) is 23.2 Å². The van der Waals surface area contributed by atoms with E-state index in [9.17, 15) is 4.79 Å². The lowest BCUT2D eigenvalue weighted by molar-refractivity contribution is -0.116. The molecule has 0 aromatic heterocycles. The van der Waals surface area contributed by atoms with E-state index >= 15 is 0 Å². The van der Waals surface area contributed by atoms with Crippen LogP contribution in [0.2, 0.25) is 0 Å². The fourth-order valence-electron chi connectivity index (χ4n) is 3.04. The SMILES string of the molecule is CC(=O)N1CC[C@@H](Nc2ccc(C#CCN)cc2)c2ccccc21. The van der Waals surface area contributed by atoms with Gasteiger partial charge in [-0.15, -0.1) is 0 Å². The van der Waals surface area contributed by atoms with Crippen LogP contribution >= 0.6 is 0 Å². The van der Waals surface area contributed by atoms with Crippen LogP contribution in [0, 0.1) is 11.8 Å². The molecule has 0 fully saturated rings. The highest BCUT2D eigenvalue weighted by Gasteiger charge is 2.26. The molecule has 2 aromatic carbocycles. The maximum Gasteiger partial charge on any atom is 0.223 e. The highest BCUT2D eigenvalue weighted by Crippen LogP contribution is 2.35. The average Bonchev–Trinajstić information content (AvgIpc) is 2.61. The van der Waals surface area contributed by atoms with Crippen molar-refractivity contribution in [3.8, 4) is 11.8 Å². The molecular weight excluding hydrogens is 298 g/mol. The Morgan fingerprint density at radius 2 is 2.00 bits per heavy atom. The van der Waals surface area contributed by atoms with Crippen molar-refractivity contribution in [2.45, 2.75) is 19.4 Å². The summed E-state index contributed by atoms with van der Waals surface area (Å²) in [6.45, 7) is 2.71. The Bertz CT molecular complexity index is 787. The summed E-state index contributed by atoms with van der Waals surface area (Å²) in [5, 5.41) is 3.57. The van der Waals surface area contributed by atoms with E-state index in [1.54, 1.807) is 6.92 Å². The Labute approximate surface area is 142 Å². The lowest BCUT2D eigenvalue weighted by Gasteiger charge is -2.34. The summed E-state index contributed by atoms with van der Waals surface area (Å²) in [4.78, 5) is 13.7. The Morgan fingerprint density at radius 3 is 2.71 bits per heavy atom. The van der Waals surface area contributed by atoms with Crippen LogP contribution in [0.3, 0.4) is 0 Å². The van der Waals surface area contributed by atoms with Crippen molar-refractivity contribution in [2.24, 2.45) is 5.73 Å². The minimum absolute atomic E-state index is 0.0868. The second-order valence-electron chi connectivity index (χ2n) is 5.80. The van der Waals surface area contributed by atoms with Gasteiger partial charge < -0.3 is 16.0 Å². The Kier molecular flexibility index (Phi) is 4.83. The molecule has 1 atom stereocenters. The first-order chi connectivity index (χ1) is 11.7. The molecule has 1 aliphatic rings. The van der Waals surface area contributed by atoms with E-state index in [0.29, 0.717) is 6.54 Å². The van der Waals surface area contributed by atoms with Crippen molar-refractivity contribution in [2.75, 3.05) is 23.3 Å². The molecule has 3 rings (SSSR count). The van der Waals surface area contributed by atoms with Crippen LogP contribution in [0.15, 0.2) is 48.5 Å². The van der Waals surface area contributed by atoms with Crippen LogP contribution in [0.25, 0.3) is 0 Å². The molecule has 0 aliphatic carbocycles. The molecule has 0 radical (unpaired) electrons. The van der Waals surface area contributed by atoms with E-state index in [0.717, 1.165) is 35.5 Å².